The van der Waals surface area contributed by atoms with E-state index in [9.17, 15) is 9.50 Å². The molecule has 0 aliphatic rings. The van der Waals surface area contributed by atoms with Crippen LogP contribution in [0.3, 0.4) is 0 Å². The van der Waals surface area contributed by atoms with Crippen LogP contribution in [0.5, 0.6) is 0 Å². The summed E-state index contributed by atoms with van der Waals surface area (Å²) in [6.45, 7) is 3.42. The van der Waals surface area contributed by atoms with Crippen LogP contribution >= 0.6 is 0 Å². The Morgan fingerprint density at radius 1 is 1.42 bits per heavy atom. The molecule has 108 valence electrons. The first kappa shape index (κ1) is 15.6. The van der Waals surface area contributed by atoms with Crippen LogP contribution in [0, 0.1) is 5.82 Å². The summed E-state index contributed by atoms with van der Waals surface area (Å²) in [4.78, 5) is 7.87. The van der Waals surface area contributed by atoms with Gasteiger partial charge in [0, 0.05) is 20.2 Å². The van der Waals surface area contributed by atoms with Gasteiger partial charge in [-0.1, -0.05) is 6.92 Å². The minimum Gasteiger partial charge on any atom is -0.391 e. The summed E-state index contributed by atoms with van der Waals surface area (Å²) in [6.07, 6.45) is 1.95. The lowest BCUT2D eigenvalue weighted by Crippen LogP contribution is -2.19. The molecule has 1 heterocycles. The summed E-state index contributed by atoms with van der Waals surface area (Å²) in [5.74, 6) is 0.0182. The summed E-state index contributed by atoms with van der Waals surface area (Å²) in [6, 6.07) is 0. The van der Waals surface area contributed by atoms with E-state index in [1.54, 1.807) is 0 Å². The fourth-order valence-electron chi connectivity index (χ4n) is 1.45. The maximum atomic E-state index is 13.5. The SMILES string of the molecule is CCCNc1ncc(F)c(NCCC(O)COC)n1. The molecule has 6 nitrogen and oxygen atoms in total. The molecule has 1 rings (SSSR count). The van der Waals surface area contributed by atoms with Gasteiger partial charge >= 0.3 is 0 Å². The van der Waals surface area contributed by atoms with Crippen LogP contribution < -0.4 is 10.6 Å². The third kappa shape index (κ3) is 5.80. The van der Waals surface area contributed by atoms with E-state index in [4.69, 9.17) is 4.74 Å². The van der Waals surface area contributed by atoms with Gasteiger partial charge in [0.1, 0.15) is 0 Å². The zero-order valence-electron chi connectivity index (χ0n) is 11.3. The molecule has 0 bridgehead atoms. The Hall–Kier alpha value is -1.47. The van der Waals surface area contributed by atoms with Crippen LogP contribution in [0.25, 0.3) is 0 Å². The van der Waals surface area contributed by atoms with Gasteiger partial charge in [0.2, 0.25) is 5.95 Å². The van der Waals surface area contributed by atoms with Gasteiger partial charge in [-0.25, -0.2) is 9.37 Å². The molecule has 1 atom stereocenters. The number of anilines is 2. The third-order valence-corrected chi connectivity index (χ3v) is 2.41. The van der Waals surface area contributed by atoms with Crippen molar-refractivity contribution in [1.29, 1.82) is 0 Å². The number of nitrogens with one attached hydrogen (secondary N) is 2. The zero-order chi connectivity index (χ0) is 14.1. The van der Waals surface area contributed by atoms with Crippen LogP contribution in [-0.2, 0) is 4.74 Å². The highest BCUT2D eigenvalue weighted by molar-refractivity contribution is 5.40. The largest absolute Gasteiger partial charge is 0.391 e. The molecule has 0 radical (unpaired) electrons. The van der Waals surface area contributed by atoms with E-state index in [1.807, 2.05) is 6.92 Å². The molecule has 1 aromatic heterocycles. The molecule has 0 fully saturated rings. The van der Waals surface area contributed by atoms with Crippen molar-refractivity contribution in [2.45, 2.75) is 25.9 Å². The number of hydrogen-bond acceptors (Lipinski definition) is 6. The molecule has 1 aromatic rings. The Morgan fingerprint density at radius 2 is 2.21 bits per heavy atom. The first-order valence-corrected chi connectivity index (χ1v) is 6.34. The number of rotatable bonds is 9. The van der Waals surface area contributed by atoms with Crippen molar-refractivity contribution in [3.05, 3.63) is 12.0 Å². The topological polar surface area (TPSA) is 79.3 Å². The van der Waals surface area contributed by atoms with Gasteiger partial charge < -0.3 is 20.5 Å². The van der Waals surface area contributed by atoms with Crippen LogP contribution in [0.4, 0.5) is 16.2 Å². The van der Waals surface area contributed by atoms with Gasteiger partial charge in [-0.15, -0.1) is 0 Å². The van der Waals surface area contributed by atoms with Crippen molar-refractivity contribution in [3.8, 4) is 0 Å². The summed E-state index contributed by atoms with van der Waals surface area (Å²) >= 11 is 0. The molecule has 0 spiro atoms. The standard InChI is InChI=1S/C12H21FN4O2/c1-3-5-15-12-16-7-10(13)11(17-12)14-6-4-9(18)8-19-2/h7,9,18H,3-6,8H2,1-2H3,(H2,14,15,16,17). The highest BCUT2D eigenvalue weighted by Crippen LogP contribution is 2.12. The Labute approximate surface area is 112 Å². The molecular weight excluding hydrogens is 251 g/mol. The number of nitrogens with zero attached hydrogens (tertiary/aromatic N) is 2. The van der Waals surface area contributed by atoms with E-state index in [2.05, 4.69) is 20.6 Å². The second-order valence-electron chi connectivity index (χ2n) is 4.14. The van der Waals surface area contributed by atoms with Crippen molar-refractivity contribution in [1.82, 2.24) is 9.97 Å². The Kier molecular flexibility index (Phi) is 7.06. The zero-order valence-corrected chi connectivity index (χ0v) is 11.3. The number of aromatic nitrogens is 2. The molecule has 7 heteroatoms. The second-order valence-corrected chi connectivity index (χ2v) is 4.14. The van der Waals surface area contributed by atoms with Crippen molar-refractivity contribution < 1.29 is 14.2 Å². The summed E-state index contributed by atoms with van der Waals surface area (Å²) < 4.78 is 18.3. The monoisotopic (exact) mass is 272 g/mol. The first-order chi connectivity index (χ1) is 9.17. The van der Waals surface area contributed by atoms with Crippen LogP contribution in [-0.4, -0.2) is 48.0 Å². The molecule has 0 aliphatic carbocycles. The Morgan fingerprint density at radius 3 is 2.89 bits per heavy atom. The van der Waals surface area contributed by atoms with Crippen molar-refractivity contribution in [2.75, 3.05) is 37.4 Å². The summed E-state index contributed by atoms with van der Waals surface area (Å²) in [5.41, 5.74) is 0. The number of hydrogen-bond donors (Lipinski definition) is 3. The van der Waals surface area contributed by atoms with E-state index >= 15 is 0 Å². The van der Waals surface area contributed by atoms with Gasteiger partial charge in [0.15, 0.2) is 11.6 Å². The fourth-order valence-corrected chi connectivity index (χ4v) is 1.45. The number of halogens is 1. The van der Waals surface area contributed by atoms with E-state index in [-0.39, 0.29) is 12.4 Å². The third-order valence-electron chi connectivity index (χ3n) is 2.41. The molecule has 0 saturated carbocycles. The van der Waals surface area contributed by atoms with Gasteiger partial charge in [-0.05, 0) is 12.8 Å². The Balaban J connectivity index is 2.47. The number of aliphatic hydroxyl groups excluding tert-OH is 1. The second kappa shape index (κ2) is 8.60. The van der Waals surface area contributed by atoms with E-state index in [1.165, 1.54) is 7.11 Å². The predicted molar refractivity (Wildman–Crippen MR) is 71.8 cm³/mol. The minimum absolute atomic E-state index is 0.137. The highest BCUT2D eigenvalue weighted by Gasteiger charge is 2.08. The molecule has 19 heavy (non-hydrogen) atoms. The molecule has 0 aromatic carbocycles. The summed E-state index contributed by atoms with van der Waals surface area (Å²) in [5, 5.41) is 15.3. The van der Waals surface area contributed by atoms with Crippen molar-refractivity contribution in [2.24, 2.45) is 0 Å². The van der Waals surface area contributed by atoms with E-state index < -0.39 is 11.9 Å². The number of ether oxygens (including phenoxy) is 1. The number of methoxy groups -OCH3 is 1. The van der Waals surface area contributed by atoms with E-state index in [0.29, 0.717) is 18.9 Å². The fraction of sp³-hybridized carbons (Fsp3) is 0.667. The number of aliphatic hydroxyl groups is 1. The first-order valence-electron chi connectivity index (χ1n) is 6.34. The van der Waals surface area contributed by atoms with Gasteiger partial charge in [0.05, 0.1) is 18.9 Å². The molecule has 0 amide bonds. The smallest absolute Gasteiger partial charge is 0.224 e. The predicted octanol–water partition coefficient (Wildman–Crippen LogP) is 1.25. The maximum Gasteiger partial charge on any atom is 0.224 e. The average Bonchev–Trinajstić information content (AvgIpc) is 2.39. The van der Waals surface area contributed by atoms with E-state index in [0.717, 1.165) is 19.2 Å². The molecule has 0 saturated heterocycles. The molecular formula is C12H21FN4O2. The van der Waals surface area contributed by atoms with Crippen LogP contribution in [0.1, 0.15) is 19.8 Å². The molecule has 3 N–H and O–H groups in total. The minimum atomic E-state index is -0.569. The quantitative estimate of drug-likeness (QED) is 0.628. The van der Waals surface area contributed by atoms with Crippen LogP contribution in [0.2, 0.25) is 0 Å². The maximum absolute atomic E-state index is 13.5. The Bertz CT molecular complexity index is 379. The average molecular weight is 272 g/mol. The molecule has 0 aliphatic heterocycles. The lowest BCUT2D eigenvalue weighted by atomic mass is 10.2. The van der Waals surface area contributed by atoms with Gasteiger partial charge in [-0.3, -0.25) is 0 Å². The van der Waals surface area contributed by atoms with Crippen molar-refractivity contribution in [3.63, 3.8) is 0 Å². The van der Waals surface area contributed by atoms with Gasteiger partial charge in [-0.2, -0.15) is 4.98 Å². The normalized spacial score (nSPS) is 12.2. The highest BCUT2D eigenvalue weighted by atomic mass is 19.1. The van der Waals surface area contributed by atoms with Crippen LogP contribution in [0.15, 0.2) is 6.20 Å². The lowest BCUT2D eigenvalue weighted by Gasteiger charge is -2.11. The summed E-state index contributed by atoms with van der Waals surface area (Å²) in [7, 11) is 1.52. The molecule has 1 unspecified atom stereocenters. The van der Waals surface area contributed by atoms with Gasteiger partial charge in [0.25, 0.3) is 0 Å². The van der Waals surface area contributed by atoms with Crippen molar-refractivity contribution >= 4 is 11.8 Å². The lowest BCUT2D eigenvalue weighted by molar-refractivity contribution is 0.0615.